The molecule has 1 unspecified atom stereocenters. The van der Waals surface area contributed by atoms with Crippen LogP contribution in [0.1, 0.15) is 80.3 Å². The lowest BCUT2D eigenvalue weighted by atomic mass is 9.56. The minimum atomic E-state index is -4.59. The molecule has 3 heterocycles. The summed E-state index contributed by atoms with van der Waals surface area (Å²) < 4.78 is 42.2. The Balaban J connectivity index is 1.49. The molecule has 2 aliphatic carbocycles. The third kappa shape index (κ3) is 3.56. The molecule has 0 bridgehead atoms. The lowest BCUT2D eigenvalue weighted by Crippen LogP contribution is -2.65. The van der Waals surface area contributed by atoms with E-state index in [2.05, 4.69) is 24.1 Å². The van der Waals surface area contributed by atoms with E-state index in [-0.39, 0.29) is 24.2 Å². The number of halogens is 3. The second-order valence-corrected chi connectivity index (χ2v) is 10.4. The van der Waals surface area contributed by atoms with Crippen LogP contribution in [0, 0.1) is 11.3 Å². The van der Waals surface area contributed by atoms with Crippen molar-refractivity contribution in [3.05, 3.63) is 41.5 Å². The van der Waals surface area contributed by atoms with E-state index >= 15 is 0 Å². The summed E-state index contributed by atoms with van der Waals surface area (Å²) in [7, 11) is 0. The van der Waals surface area contributed by atoms with Crippen LogP contribution in [0.3, 0.4) is 0 Å². The number of imidazole rings is 1. The number of rotatable bonds is 2. The van der Waals surface area contributed by atoms with Crippen LogP contribution in [0.15, 0.2) is 24.3 Å². The van der Waals surface area contributed by atoms with Crippen molar-refractivity contribution < 1.29 is 23.1 Å². The van der Waals surface area contributed by atoms with Gasteiger partial charge in [0.05, 0.1) is 11.3 Å². The Morgan fingerprint density at radius 3 is 2.67 bits per heavy atom. The molecule has 1 N–H and O–H groups in total. The zero-order chi connectivity index (χ0) is 23.4. The van der Waals surface area contributed by atoms with Gasteiger partial charge in [0.15, 0.2) is 0 Å². The first kappa shape index (κ1) is 22.7. The maximum atomic E-state index is 13.7. The van der Waals surface area contributed by atoms with Gasteiger partial charge in [0.2, 0.25) is 5.82 Å². The number of aromatic nitrogens is 2. The predicted molar refractivity (Wildman–Crippen MR) is 118 cm³/mol. The fraction of sp³-hybridized carbons (Fsp3) is 0.680. The molecule has 0 aromatic carbocycles. The molecule has 1 saturated heterocycles. The molecule has 1 amide bonds. The number of aliphatic hydroxyl groups is 1. The Hall–Kier alpha value is -2.09. The minimum Gasteiger partial charge on any atom is -0.389 e. The Labute approximate surface area is 192 Å². The molecular weight excluding hydrogens is 431 g/mol. The zero-order valence-corrected chi connectivity index (χ0v) is 19.1. The van der Waals surface area contributed by atoms with Crippen molar-refractivity contribution in [1.82, 2.24) is 14.5 Å². The number of hydrogen-bond donors (Lipinski definition) is 1. The highest BCUT2D eigenvalue weighted by atomic mass is 19.4. The Morgan fingerprint density at radius 2 is 1.94 bits per heavy atom. The number of carbonyl (C=O) groups is 1. The minimum absolute atomic E-state index is 0.0384. The van der Waals surface area contributed by atoms with Crippen LogP contribution in [-0.2, 0) is 19.1 Å². The molecule has 5 rings (SSSR count). The largest absolute Gasteiger partial charge is 0.449 e. The number of nitrogens with zero attached hydrogens (tertiary/aromatic N) is 3. The van der Waals surface area contributed by atoms with Gasteiger partial charge in [-0.1, -0.05) is 44.1 Å². The fourth-order valence-electron chi connectivity index (χ4n) is 6.76. The Morgan fingerprint density at radius 1 is 1.15 bits per heavy atom. The van der Waals surface area contributed by atoms with Crippen LogP contribution in [-0.4, -0.2) is 43.7 Å². The summed E-state index contributed by atoms with van der Waals surface area (Å²) in [4.78, 5) is 19.3. The van der Waals surface area contributed by atoms with Crippen LogP contribution in [0.5, 0.6) is 0 Å². The van der Waals surface area contributed by atoms with Gasteiger partial charge < -0.3 is 14.6 Å². The highest BCUT2D eigenvalue weighted by Gasteiger charge is 2.57. The van der Waals surface area contributed by atoms with Crippen LogP contribution < -0.4 is 0 Å². The van der Waals surface area contributed by atoms with E-state index < -0.39 is 28.9 Å². The second kappa shape index (κ2) is 8.00. The number of fused-ring (bicyclic) bond motifs is 2. The normalized spacial score (nSPS) is 34.2. The average Bonchev–Trinajstić information content (AvgIpc) is 3.20. The van der Waals surface area contributed by atoms with E-state index in [9.17, 15) is 23.1 Å². The quantitative estimate of drug-likeness (QED) is 0.679. The smallest absolute Gasteiger partial charge is 0.389 e. The van der Waals surface area contributed by atoms with Crippen molar-refractivity contribution in [2.45, 2.75) is 89.1 Å². The molecule has 1 saturated carbocycles. The van der Waals surface area contributed by atoms with Gasteiger partial charge in [-0.15, -0.1) is 0 Å². The number of piperidine rings is 1. The first-order valence-electron chi connectivity index (χ1n) is 12.2. The van der Waals surface area contributed by atoms with Gasteiger partial charge >= 0.3 is 6.18 Å². The molecule has 8 heteroatoms. The lowest BCUT2D eigenvalue weighted by molar-refractivity contribution is -0.159. The molecule has 33 heavy (non-hydrogen) atoms. The second-order valence-electron chi connectivity index (χ2n) is 10.4. The molecule has 180 valence electrons. The topological polar surface area (TPSA) is 58.4 Å². The average molecular weight is 464 g/mol. The van der Waals surface area contributed by atoms with Gasteiger partial charge in [0, 0.05) is 30.5 Å². The van der Waals surface area contributed by atoms with Gasteiger partial charge in [0.25, 0.3) is 5.91 Å². The molecule has 1 aromatic heterocycles. The third-order valence-corrected chi connectivity index (χ3v) is 8.55. The van der Waals surface area contributed by atoms with E-state index in [0.29, 0.717) is 31.5 Å². The maximum Gasteiger partial charge on any atom is 0.449 e. The van der Waals surface area contributed by atoms with Crippen molar-refractivity contribution in [3.8, 4) is 0 Å². The number of alkyl halides is 3. The summed E-state index contributed by atoms with van der Waals surface area (Å²) in [6.45, 7) is 2.66. The number of likely N-dealkylation sites (tertiary alicyclic amines) is 1. The van der Waals surface area contributed by atoms with Crippen molar-refractivity contribution in [1.29, 1.82) is 0 Å². The fourth-order valence-corrected chi connectivity index (χ4v) is 6.76. The lowest BCUT2D eigenvalue weighted by Gasteiger charge is -2.58. The van der Waals surface area contributed by atoms with Gasteiger partial charge in [-0.3, -0.25) is 4.79 Å². The first-order valence-corrected chi connectivity index (χ1v) is 12.2. The third-order valence-electron chi connectivity index (χ3n) is 8.55. The van der Waals surface area contributed by atoms with Crippen LogP contribution in [0.4, 0.5) is 13.2 Å². The molecule has 2 fully saturated rings. The summed E-state index contributed by atoms with van der Waals surface area (Å²) in [6, 6.07) is -0.184. The zero-order valence-electron chi connectivity index (χ0n) is 19.1. The monoisotopic (exact) mass is 463 g/mol. The Bertz CT molecular complexity index is 998. The van der Waals surface area contributed by atoms with Gasteiger partial charge in [-0.05, 0) is 44.9 Å². The molecule has 0 radical (unpaired) electrons. The highest BCUT2D eigenvalue weighted by Crippen LogP contribution is 2.53. The van der Waals surface area contributed by atoms with E-state index in [1.165, 1.54) is 4.57 Å². The molecule has 4 aliphatic rings. The SMILES string of the molecule is CC1([C@@]2(O)CCN(C(=O)c3nc(C(F)(F)F)n4c3CCCC4)[C@@H]3CCCC[C@@H]32)C=CC=CC1. The maximum absolute atomic E-state index is 13.7. The van der Waals surface area contributed by atoms with Crippen molar-refractivity contribution in [2.75, 3.05) is 6.54 Å². The van der Waals surface area contributed by atoms with E-state index in [1.807, 2.05) is 12.2 Å². The number of amides is 1. The summed E-state index contributed by atoms with van der Waals surface area (Å²) >= 11 is 0. The number of hydrogen-bond acceptors (Lipinski definition) is 3. The predicted octanol–water partition coefficient (Wildman–Crippen LogP) is 4.90. The molecular formula is C25H32F3N3O2. The number of allylic oxidation sites excluding steroid dienone is 3. The standard InChI is InChI=1S/C25H32F3N3O2/c1-23(12-6-2-7-13-23)24(33)14-16-30(18-10-4-3-9-17(18)24)21(32)20-19-11-5-8-15-31(19)22(29-20)25(26,27)28/h2,6-7,12,17-18,33H,3-5,8-11,13-16H2,1H3/t17-,18+,23?,24+/m0/s1. The van der Waals surface area contributed by atoms with Gasteiger partial charge in [-0.2, -0.15) is 13.2 Å². The van der Waals surface area contributed by atoms with E-state index in [0.717, 1.165) is 38.5 Å². The summed E-state index contributed by atoms with van der Waals surface area (Å²) in [5.74, 6) is -1.47. The van der Waals surface area contributed by atoms with Crippen molar-refractivity contribution in [2.24, 2.45) is 11.3 Å². The number of carbonyl (C=O) groups excluding carboxylic acids is 1. The molecule has 4 atom stereocenters. The van der Waals surface area contributed by atoms with Gasteiger partial charge in [0.1, 0.15) is 5.69 Å². The molecule has 1 aromatic rings. The van der Waals surface area contributed by atoms with Crippen LogP contribution in [0.25, 0.3) is 0 Å². The molecule has 2 aliphatic heterocycles. The highest BCUT2D eigenvalue weighted by molar-refractivity contribution is 5.94. The van der Waals surface area contributed by atoms with E-state index in [4.69, 9.17) is 0 Å². The van der Waals surface area contributed by atoms with Crippen molar-refractivity contribution >= 4 is 5.91 Å². The molecule has 0 spiro atoms. The van der Waals surface area contributed by atoms with E-state index in [1.54, 1.807) is 4.90 Å². The molecule has 5 nitrogen and oxygen atoms in total. The summed E-state index contributed by atoms with van der Waals surface area (Å²) in [5, 5.41) is 12.0. The van der Waals surface area contributed by atoms with Crippen LogP contribution >= 0.6 is 0 Å². The Kier molecular flexibility index (Phi) is 5.50. The first-order chi connectivity index (χ1) is 15.7. The van der Waals surface area contributed by atoms with Crippen LogP contribution in [0.2, 0.25) is 0 Å². The summed E-state index contributed by atoms with van der Waals surface area (Å²) in [6.07, 6.45) is 10.0. The summed E-state index contributed by atoms with van der Waals surface area (Å²) in [5.41, 5.74) is -1.00. The van der Waals surface area contributed by atoms with Gasteiger partial charge in [-0.25, -0.2) is 4.98 Å². The van der Waals surface area contributed by atoms with Crippen molar-refractivity contribution in [3.63, 3.8) is 0 Å².